The molecule has 0 fully saturated rings. The number of H-pyrrole nitrogens is 1. The largest absolute Gasteiger partial charge is 0.333 e. The molecule has 2 aromatic carbocycles. The van der Waals surface area contributed by atoms with Crippen LogP contribution in [0.2, 0.25) is 5.02 Å². The van der Waals surface area contributed by atoms with Crippen molar-refractivity contribution in [2.75, 3.05) is 10.6 Å². The fourth-order valence-corrected chi connectivity index (χ4v) is 2.71. The molecule has 0 saturated heterocycles. The van der Waals surface area contributed by atoms with Gasteiger partial charge in [0.2, 0.25) is 5.91 Å². The maximum Gasteiger partial charge on any atom is 0.333 e. The van der Waals surface area contributed by atoms with Gasteiger partial charge in [-0.25, -0.2) is 13.8 Å². The molecule has 29 heavy (non-hydrogen) atoms. The first kappa shape index (κ1) is 20.0. The maximum absolute atomic E-state index is 13.4. The summed E-state index contributed by atoms with van der Waals surface area (Å²) in [7, 11) is 0. The zero-order chi connectivity index (χ0) is 21.1. The summed E-state index contributed by atoms with van der Waals surface area (Å²) in [5.74, 6) is -1.71. The molecule has 0 aliphatic heterocycles. The van der Waals surface area contributed by atoms with Crippen molar-refractivity contribution in [3.8, 4) is 5.69 Å². The van der Waals surface area contributed by atoms with Crippen LogP contribution in [0.4, 0.5) is 15.8 Å². The average Bonchev–Trinajstić information content (AvgIpc) is 2.65. The number of benzene rings is 2. The third-order valence-electron chi connectivity index (χ3n) is 3.85. The van der Waals surface area contributed by atoms with E-state index >= 15 is 0 Å². The van der Waals surface area contributed by atoms with Crippen LogP contribution in [0.1, 0.15) is 17.3 Å². The number of rotatable bonds is 4. The van der Waals surface area contributed by atoms with E-state index in [-0.39, 0.29) is 22.2 Å². The molecule has 148 valence electrons. The smallest absolute Gasteiger partial charge is 0.326 e. The van der Waals surface area contributed by atoms with Gasteiger partial charge in [0.1, 0.15) is 11.4 Å². The number of nitrogens with zero attached hydrogens (tertiary/aromatic N) is 1. The number of anilines is 2. The van der Waals surface area contributed by atoms with E-state index < -0.39 is 23.0 Å². The number of halogens is 2. The van der Waals surface area contributed by atoms with E-state index in [1.165, 1.54) is 25.1 Å². The van der Waals surface area contributed by atoms with E-state index in [0.29, 0.717) is 15.9 Å². The van der Waals surface area contributed by atoms with Crippen LogP contribution in [0.3, 0.4) is 0 Å². The summed E-state index contributed by atoms with van der Waals surface area (Å²) >= 11 is 5.71. The number of carbonyl (C=O) groups excluding carboxylic acids is 2. The number of aromatic nitrogens is 2. The van der Waals surface area contributed by atoms with Gasteiger partial charge < -0.3 is 15.6 Å². The topological polar surface area (TPSA) is 113 Å². The number of hydrogen-bond donors (Lipinski definition) is 3. The van der Waals surface area contributed by atoms with Gasteiger partial charge in [0.05, 0.1) is 10.7 Å². The van der Waals surface area contributed by atoms with Crippen molar-refractivity contribution in [3.63, 3.8) is 0 Å². The molecule has 0 radical (unpaired) electrons. The predicted molar refractivity (Wildman–Crippen MR) is 106 cm³/mol. The van der Waals surface area contributed by atoms with Crippen LogP contribution >= 0.6 is 11.6 Å². The molecule has 0 unspecified atom stereocenters. The van der Waals surface area contributed by atoms with Crippen LogP contribution in [0.25, 0.3) is 5.69 Å². The van der Waals surface area contributed by atoms with Gasteiger partial charge in [-0.3, -0.25) is 14.4 Å². The van der Waals surface area contributed by atoms with Crippen molar-refractivity contribution in [3.05, 3.63) is 85.9 Å². The first-order chi connectivity index (χ1) is 13.8. The van der Waals surface area contributed by atoms with E-state index in [4.69, 9.17) is 11.6 Å². The first-order valence-electron chi connectivity index (χ1n) is 8.25. The number of carbonyl (C=O) groups is 2. The van der Waals surface area contributed by atoms with E-state index in [9.17, 15) is 23.6 Å². The van der Waals surface area contributed by atoms with E-state index in [2.05, 4.69) is 15.6 Å². The summed E-state index contributed by atoms with van der Waals surface area (Å²) in [6.07, 6.45) is 0.993. The van der Waals surface area contributed by atoms with Crippen molar-refractivity contribution >= 4 is 34.8 Å². The molecule has 0 atom stereocenters. The second-order valence-electron chi connectivity index (χ2n) is 5.96. The highest BCUT2D eigenvalue weighted by atomic mass is 35.5. The Balaban J connectivity index is 1.92. The lowest BCUT2D eigenvalue weighted by Crippen LogP contribution is -2.38. The highest BCUT2D eigenvalue weighted by molar-refractivity contribution is 6.30. The van der Waals surface area contributed by atoms with Crippen molar-refractivity contribution in [1.29, 1.82) is 0 Å². The van der Waals surface area contributed by atoms with Gasteiger partial charge in [-0.05, 0) is 42.5 Å². The molecule has 0 aliphatic rings. The first-order valence-corrected chi connectivity index (χ1v) is 8.63. The molecule has 2 amide bonds. The lowest BCUT2D eigenvalue weighted by Gasteiger charge is -2.09. The molecule has 0 spiro atoms. The molecule has 3 aromatic rings. The summed E-state index contributed by atoms with van der Waals surface area (Å²) in [5, 5.41) is 4.83. The molecule has 0 saturated carbocycles. The molecule has 8 nitrogen and oxygen atoms in total. The molecule has 10 heteroatoms. The van der Waals surface area contributed by atoms with Gasteiger partial charge >= 0.3 is 5.69 Å². The third-order valence-corrected chi connectivity index (χ3v) is 4.14. The van der Waals surface area contributed by atoms with Crippen LogP contribution in [-0.2, 0) is 4.79 Å². The molecule has 0 bridgehead atoms. The number of amides is 2. The molecule has 3 N–H and O–H groups in total. The van der Waals surface area contributed by atoms with Crippen LogP contribution in [-0.4, -0.2) is 21.4 Å². The van der Waals surface area contributed by atoms with Crippen molar-refractivity contribution in [2.45, 2.75) is 6.92 Å². The van der Waals surface area contributed by atoms with Gasteiger partial charge in [0.25, 0.3) is 11.5 Å². The van der Waals surface area contributed by atoms with E-state index in [0.717, 1.165) is 18.3 Å². The second kappa shape index (κ2) is 8.11. The van der Waals surface area contributed by atoms with Crippen molar-refractivity contribution < 1.29 is 14.0 Å². The Morgan fingerprint density at radius 3 is 2.24 bits per heavy atom. The van der Waals surface area contributed by atoms with Gasteiger partial charge in [0.15, 0.2) is 0 Å². The highest BCUT2D eigenvalue weighted by Crippen LogP contribution is 2.17. The predicted octanol–water partition coefficient (Wildman–Crippen LogP) is 2.53. The van der Waals surface area contributed by atoms with Crippen molar-refractivity contribution in [2.24, 2.45) is 0 Å². The number of aromatic amines is 1. The number of hydrogen-bond acceptors (Lipinski definition) is 4. The Bertz CT molecular complexity index is 1220. The van der Waals surface area contributed by atoms with Crippen LogP contribution < -0.4 is 21.9 Å². The summed E-state index contributed by atoms with van der Waals surface area (Å²) in [5.41, 5.74) is -1.13. The van der Waals surface area contributed by atoms with E-state index in [1.807, 2.05) is 0 Å². The van der Waals surface area contributed by atoms with Gasteiger partial charge in [0, 0.05) is 24.5 Å². The Kier molecular flexibility index (Phi) is 5.60. The van der Waals surface area contributed by atoms with Gasteiger partial charge in [-0.2, -0.15) is 0 Å². The zero-order valence-electron chi connectivity index (χ0n) is 15.0. The van der Waals surface area contributed by atoms with E-state index in [1.54, 1.807) is 12.1 Å². The molecule has 1 aromatic heterocycles. The summed E-state index contributed by atoms with van der Waals surface area (Å²) in [6, 6.07) is 9.52. The monoisotopic (exact) mass is 416 g/mol. The molecular formula is C19H14ClFN4O4. The SMILES string of the molecule is CC(=O)Nc1ccc(NC(=O)c2c[nH]c(=O)n(-c3ccc(F)c(Cl)c3)c2=O)cc1. The minimum absolute atomic E-state index is 0.0111. The quantitative estimate of drug-likeness (QED) is 0.606. The third kappa shape index (κ3) is 4.41. The molecule has 1 heterocycles. The fourth-order valence-electron chi connectivity index (χ4n) is 2.53. The Hall–Kier alpha value is -3.72. The molecule has 0 aliphatic carbocycles. The Labute approximate surface area is 168 Å². The fraction of sp³-hybridized carbons (Fsp3) is 0.0526. The van der Waals surface area contributed by atoms with Gasteiger partial charge in [-0.1, -0.05) is 11.6 Å². The standard InChI is InChI=1S/C19H14ClFN4O4/c1-10(26)23-11-2-4-12(5-3-11)24-17(27)14-9-22-19(29)25(18(14)28)13-6-7-16(21)15(20)8-13/h2-9H,1H3,(H,22,29)(H,23,26)(H,24,27). The summed E-state index contributed by atoms with van der Waals surface area (Å²) in [6.45, 7) is 1.37. The van der Waals surface area contributed by atoms with Crippen LogP contribution in [0, 0.1) is 5.82 Å². The summed E-state index contributed by atoms with van der Waals surface area (Å²) in [4.78, 5) is 50.6. The minimum atomic E-state index is -0.899. The second-order valence-corrected chi connectivity index (χ2v) is 6.37. The summed E-state index contributed by atoms with van der Waals surface area (Å²) < 4.78 is 14.1. The van der Waals surface area contributed by atoms with Gasteiger partial charge in [-0.15, -0.1) is 0 Å². The molecular weight excluding hydrogens is 403 g/mol. The van der Waals surface area contributed by atoms with Crippen molar-refractivity contribution in [1.82, 2.24) is 9.55 Å². The van der Waals surface area contributed by atoms with Crippen LogP contribution in [0.15, 0.2) is 58.3 Å². The normalized spacial score (nSPS) is 10.4. The van der Waals surface area contributed by atoms with Crippen LogP contribution in [0.5, 0.6) is 0 Å². The zero-order valence-corrected chi connectivity index (χ0v) is 15.7. The average molecular weight is 417 g/mol. The molecule has 3 rings (SSSR count). The highest BCUT2D eigenvalue weighted by Gasteiger charge is 2.17. The minimum Gasteiger partial charge on any atom is -0.326 e. The number of nitrogens with one attached hydrogen (secondary N) is 3. The Morgan fingerprint density at radius 1 is 1.03 bits per heavy atom. The lowest BCUT2D eigenvalue weighted by atomic mass is 10.2. The Morgan fingerprint density at radius 2 is 1.66 bits per heavy atom. The lowest BCUT2D eigenvalue weighted by molar-refractivity contribution is -0.114. The maximum atomic E-state index is 13.4.